The molecule has 3 atom stereocenters. The third-order valence-corrected chi connectivity index (χ3v) is 5.94. The Bertz CT molecular complexity index is 1040. The van der Waals surface area contributed by atoms with E-state index in [-0.39, 0.29) is 13.0 Å². The smallest absolute Gasteiger partial charge is 0.402 e. The maximum atomic E-state index is 12.0. The Labute approximate surface area is 170 Å². The van der Waals surface area contributed by atoms with E-state index in [0.717, 1.165) is 0 Å². The van der Waals surface area contributed by atoms with Gasteiger partial charge in [-0.05, 0) is 38.0 Å². The van der Waals surface area contributed by atoms with Crippen LogP contribution in [0, 0.1) is 6.92 Å². The number of hydrogen-bond acceptors (Lipinski definition) is 8. The van der Waals surface area contributed by atoms with Crippen molar-refractivity contribution in [2.75, 3.05) is 0 Å². The normalized spacial score (nSPS) is 24.2. The number of aromatic amines is 1. The van der Waals surface area contributed by atoms with E-state index in [4.69, 9.17) is 29.9 Å². The number of H-pyrrole nitrogens is 1. The number of aryl methyl sites for hydroxylation is 1. The zero-order chi connectivity index (χ0) is 20.8. The van der Waals surface area contributed by atoms with Crippen LogP contribution < -0.4 is 15.8 Å². The van der Waals surface area contributed by atoms with E-state index in [0.29, 0.717) is 28.3 Å². The number of hydrogen-bond donors (Lipinski definition) is 3. The Balaban J connectivity index is 1.44. The maximum Gasteiger partial charge on any atom is 0.402 e. The molecule has 4 rings (SSSR count). The molecule has 3 N–H and O–H groups in total. The highest BCUT2D eigenvalue weighted by atomic mass is 35.5. The lowest BCUT2D eigenvalue weighted by Crippen LogP contribution is -2.44. The van der Waals surface area contributed by atoms with Gasteiger partial charge in [0, 0.05) is 22.3 Å². The van der Waals surface area contributed by atoms with Crippen molar-refractivity contribution in [3.05, 3.63) is 61.4 Å². The zero-order valence-corrected chi connectivity index (χ0v) is 16.9. The quantitative estimate of drug-likeness (QED) is 0.479. The molecule has 0 amide bonds. The number of rotatable bonds is 4. The van der Waals surface area contributed by atoms with Gasteiger partial charge in [-0.2, -0.15) is 0 Å². The number of fused-ring (bicyclic) bond motifs is 1. The largest absolute Gasteiger partial charge is 0.426 e. The second-order valence-corrected chi connectivity index (χ2v) is 8.23. The van der Waals surface area contributed by atoms with Crippen LogP contribution in [-0.4, -0.2) is 31.8 Å². The van der Waals surface area contributed by atoms with Crippen LogP contribution in [0.5, 0.6) is 5.75 Å². The van der Waals surface area contributed by atoms with Gasteiger partial charge >= 0.3 is 20.3 Å². The van der Waals surface area contributed by atoms with Crippen LogP contribution >= 0.6 is 20.2 Å². The van der Waals surface area contributed by atoms with Crippen molar-refractivity contribution in [3.63, 3.8) is 0 Å². The van der Waals surface area contributed by atoms with E-state index in [1.165, 1.54) is 10.8 Å². The molecular weight excluding hydrogens is 427 g/mol. The highest BCUT2D eigenvalue weighted by molar-refractivity contribution is 7.42. The Morgan fingerprint density at radius 3 is 2.93 bits per heavy atom. The lowest BCUT2D eigenvalue weighted by molar-refractivity contribution is -0.346. The first-order valence-electron chi connectivity index (χ1n) is 8.74. The fourth-order valence-electron chi connectivity index (χ4n) is 3.09. The topological polar surface area (TPSA) is 132 Å². The van der Waals surface area contributed by atoms with E-state index >= 15 is 0 Å². The lowest BCUT2D eigenvalue weighted by Gasteiger charge is -2.32. The van der Waals surface area contributed by atoms with Crippen molar-refractivity contribution < 1.29 is 28.5 Å². The fourth-order valence-corrected chi connectivity index (χ4v) is 4.35. The fraction of sp³-hybridized carbons (Fsp3) is 0.412. The van der Waals surface area contributed by atoms with Crippen LogP contribution in [0.25, 0.3) is 0 Å². The summed E-state index contributed by atoms with van der Waals surface area (Å²) in [6, 6.07) is 4.96. The summed E-state index contributed by atoms with van der Waals surface area (Å²) in [4.78, 5) is 25.7. The van der Waals surface area contributed by atoms with Crippen LogP contribution in [0.1, 0.15) is 30.2 Å². The minimum atomic E-state index is -2.70. The Hall–Kier alpha value is -1.78. The first-order chi connectivity index (χ1) is 13.7. The summed E-state index contributed by atoms with van der Waals surface area (Å²) in [6.45, 7) is 1.69. The molecule has 12 heteroatoms. The molecule has 2 aliphatic rings. The summed E-state index contributed by atoms with van der Waals surface area (Å²) in [5, 5.41) is 21.3. The molecule has 2 aromatic rings. The molecule has 10 nitrogen and oxygen atoms in total. The van der Waals surface area contributed by atoms with E-state index in [1.807, 2.05) is 0 Å². The van der Waals surface area contributed by atoms with Gasteiger partial charge in [-0.1, -0.05) is 11.6 Å². The molecular formula is C17H18ClN2O8P. The van der Waals surface area contributed by atoms with Crippen LogP contribution in [0.3, 0.4) is 0 Å². The summed E-state index contributed by atoms with van der Waals surface area (Å²) in [5.41, 5.74) is -0.0873. The number of aliphatic hydroxyl groups is 2. The number of ether oxygens (including phenoxy) is 1. The van der Waals surface area contributed by atoms with Gasteiger partial charge in [0.25, 0.3) is 5.56 Å². The number of aromatic nitrogens is 2. The Morgan fingerprint density at radius 2 is 2.14 bits per heavy atom. The molecule has 3 unspecified atom stereocenters. The van der Waals surface area contributed by atoms with Crippen molar-refractivity contribution in [2.24, 2.45) is 0 Å². The third kappa shape index (κ3) is 4.24. The molecule has 3 heterocycles. The van der Waals surface area contributed by atoms with Gasteiger partial charge < -0.3 is 19.5 Å². The molecule has 0 spiro atoms. The van der Waals surface area contributed by atoms with Crippen molar-refractivity contribution >= 4 is 20.2 Å². The standard InChI is InChI=1S/C17H18ClN2O8P/c1-9-7-20(16(22)19-15(9)21)14-5-4-13(26-14)17(23,24)28-29-25-8-10-6-11(18)2-3-12(10)27-29/h2-3,6-7,13-14,23-24H,4-5,8H2,1H3,(H,19,21,22). The molecule has 29 heavy (non-hydrogen) atoms. The number of nitrogens with zero attached hydrogens (tertiary/aromatic N) is 1. The average Bonchev–Trinajstić information content (AvgIpc) is 3.15. The highest BCUT2D eigenvalue weighted by Crippen LogP contribution is 2.51. The van der Waals surface area contributed by atoms with Gasteiger partial charge in [-0.15, -0.1) is 0 Å². The van der Waals surface area contributed by atoms with Crippen molar-refractivity contribution in [3.8, 4) is 5.75 Å². The molecule has 0 saturated carbocycles. The summed E-state index contributed by atoms with van der Waals surface area (Å²) in [6.07, 6.45) is -0.0755. The number of benzene rings is 1. The Morgan fingerprint density at radius 1 is 1.34 bits per heavy atom. The number of halogens is 1. The van der Waals surface area contributed by atoms with Crippen LogP contribution in [-0.2, 0) is 20.4 Å². The van der Waals surface area contributed by atoms with E-state index in [1.54, 1.807) is 25.1 Å². The predicted molar refractivity (Wildman–Crippen MR) is 101 cm³/mol. The summed E-state index contributed by atoms with van der Waals surface area (Å²) in [7, 11) is -2.10. The van der Waals surface area contributed by atoms with Crippen molar-refractivity contribution in [2.45, 2.75) is 44.7 Å². The highest BCUT2D eigenvalue weighted by Gasteiger charge is 2.47. The van der Waals surface area contributed by atoms with Gasteiger partial charge in [0.05, 0.1) is 6.61 Å². The molecule has 156 valence electrons. The molecule has 0 radical (unpaired) electrons. The van der Waals surface area contributed by atoms with E-state index in [9.17, 15) is 19.8 Å². The van der Waals surface area contributed by atoms with Gasteiger partial charge in [-0.25, -0.2) is 9.32 Å². The van der Waals surface area contributed by atoms with Crippen LogP contribution in [0.2, 0.25) is 5.02 Å². The van der Waals surface area contributed by atoms with Crippen LogP contribution in [0.15, 0.2) is 34.0 Å². The summed E-state index contributed by atoms with van der Waals surface area (Å²) >= 11 is 5.92. The van der Waals surface area contributed by atoms with Crippen molar-refractivity contribution in [1.29, 1.82) is 0 Å². The lowest BCUT2D eigenvalue weighted by atomic mass is 10.2. The molecule has 1 fully saturated rings. The first-order valence-corrected chi connectivity index (χ1v) is 10.2. The van der Waals surface area contributed by atoms with Crippen molar-refractivity contribution in [1.82, 2.24) is 9.55 Å². The average molecular weight is 445 g/mol. The molecule has 1 aromatic carbocycles. The monoisotopic (exact) mass is 444 g/mol. The second-order valence-electron chi connectivity index (χ2n) is 6.73. The first kappa shape index (κ1) is 20.5. The van der Waals surface area contributed by atoms with Gasteiger partial charge in [0.1, 0.15) is 18.1 Å². The Kier molecular flexibility index (Phi) is 5.52. The minimum absolute atomic E-state index is 0.137. The van der Waals surface area contributed by atoms with Gasteiger partial charge in [0.15, 0.2) is 0 Å². The predicted octanol–water partition coefficient (Wildman–Crippen LogP) is 1.67. The van der Waals surface area contributed by atoms with Crippen LogP contribution in [0.4, 0.5) is 0 Å². The summed E-state index contributed by atoms with van der Waals surface area (Å²) < 4.78 is 23.0. The molecule has 2 aliphatic heterocycles. The van der Waals surface area contributed by atoms with Gasteiger partial charge in [-0.3, -0.25) is 18.9 Å². The SMILES string of the molecule is Cc1cn(C2CCC(C(O)(O)OP3OCc4cc(Cl)ccc4O3)O2)c(=O)[nH]c1=O. The minimum Gasteiger partial charge on any atom is -0.426 e. The van der Waals surface area contributed by atoms with Gasteiger partial charge in [0.2, 0.25) is 0 Å². The summed E-state index contributed by atoms with van der Waals surface area (Å²) in [5.74, 6) is -2.23. The second kappa shape index (κ2) is 7.81. The maximum absolute atomic E-state index is 12.0. The third-order valence-electron chi connectivity index (χ3n) is 4.60. The molecule has 1 saturated heterocycles. The zero-order valence-electron chi connectivity index (χ0n) is 15.2. The number of nitrogens with one attached hydrogen (secondary N) is 1. The van der Waals surface area contributed by atoms with E-state index in [2.05, 4.69) is 4.98 Å². The molecule has 1 aromatic heterocycles. The molecule has 0 bridgehead atoms. The molecule has 0 aliphatic carbocycles. The van der Waals surface area contributed by atoms with E-state index < -0.39 is 38.2 Å².